The normalized spacial score (nSPS) is 14.9. The molecule has 0 aromatic heterocycles. The van der Waals surface area contributed by atoms with Gasteiger partial charge in [0.2, 0.25) is 0 Å². The number of hydrogen-bond acceptors (Lipinski definition) is 2. The molecule has 0 bridgehead atoms. The molecule has 0 radical (unpaired) electrons. The van der Waals surface area contributed by atoms with Gasteiger partial charge in [-0.2, -0.15) is 0 Å². The first kappa shape index (κ1) is 38.7. The molecule has 10 aromatic carbocycles. The van der Waals surface area contributed by atoms with Crippen molar-refractivity contribution in [1.29, 1.82) is 0 Å². The third kappa shape index (κ3) is 6.81. The lowest BCUT2D eigenvalue weighted by molar-refractivity contribution is 0.360. The lowest BCUT2D eigenvalue weighted by atomic mass is 9.67. The third-order valence-corrected chi connectivity index (χ3v) is 13.8. The zero-order valence-corrected chi connectivity index (χ0v) is 36.0. The Balaban J connectivity index is 0.893. The Hall–Kier alpha value is -7.94. The van der Waals surface area contributed by atoms with Gasteiger partial charge in [-0.3, -0.25) is 0 Å². The van der Waals surface area contributed by atoms with Crippen molar-refractivity contribution in [2.75, 3.05) is 0 Å². The Bertz CT molecular complexity index is 3310. The average molecular weight is 835 g/mol. The van der Waals surface area contributed by atoms with E-state index in [9.17, 15) is 0 Å². The number of benzene rings is 10. The minimum atomic E-state index is -0.564. The van der Waals surface area contributed by atoms with E-state index >= 15 is 0 Å². The molecule has 2 atom stereocenters. The van der Waals surface area contributed by atoms with Gasteiger partial charge in [0.05, 0.1) is 5.41 Å². The zero-order chi connectivity index (χ0) is 43.2. The van der Waals surface area contributed by atoms with Crippen molar-refractivity contribution >= 4 is 10.8 Å². The molecule has 2 heteroatoms. The molecule has 2 aliphatic rings. The molecule has 310 valence electrons. The van der Waals surface area contributed by atoms with E-state index < -0.39 is 5.41 Å². The second-order valence-corrected chi connectivity index (χ2v) is 17.5. The lowest BCUT2D eigenvalue weighted by Crippen LogP contribution is -2.28. The van der Waals surface area contributed by atoms with Crippen LogP contribution in [0, 0.1) is 0 Å². The van der Waals surface area contributed by atoms with Gasteiger partial charge < -0.3 is 9.47 Å². The van der Waals surface area contributed by atoms with E-state index in [0.29, 0.717) is 5.92 Å². The number of hydrogen-bond donors (Lipinski definition) is 0. The van der Waals surface area contributed by atoms with Crippen molar-refractivity contribution in [3.63, 3.8) is 0 Å². The molecule has 1 aliphatic carbocycles. The van der Waals surface area contributed by atoms with Crippen LogP contribution in [0.4, 0.5) is 0 Å². The van der Waals surface area contributed by atoms with E-state index in [1.165, 1.54) is 77.5 Å². The van der Waals surface area contributed by atoms with E-state index in [2.05, 4.69) is 212 Å². The molecule has 2 unspecified atom stereocenters. The highest BCUT2D eigenvalue weighted by Crippen LogP contribution is 2.62. The molecular weight excluding hydrogens is 789 g/mol. The molecule has 2 nitrogen and oxygen atoms in total. The summed E-state index contributed by atoms with van der Waals surface area (Å²) in [7, 11) is 0. The maximum atomic E-state index is 6.75. The van der Waals surface area contributed by atoms with E-state index in [1.807, 2.05) is 24.3 Å². The highest BCUT2D eigenvalue weighted by Gasteiger charge is 2.48. The van der Waals surface area contributed by atoms with Gasteiger partial charge in [0.25, 0.3) is 0 Å². The minimum Gasteiger partial charge on any atom is -0.449 e. The predicted molar refractivity (Wildman–Crippen MR) is 266 cm³/mol. The number of ether oxygens (including phenoxy) is 2. The van der Waals surface area contributed by atoms with Crippen LogP contribution in [-0.4, -0.2) is 0 Å². The highest BCUT2D eigenvalue weighted by atomic mass is 16.6. The van der Waals surface area contributed by atoms with Crippen LogP contribution >= 0.6 is 0 Å². The number of rotatable bonds is 10. The van der Waals surface area contributed by atoms with Gasteiger partial charge in [0, 0.05) is 5.56 Å². The molecule has 0 saturated heterocycles. The molecule has 1 aliphatic heterocycles. The smallest absolute Gasteiger partial charge is 0.178 e. The fourth-order valence-electron chi connectivity index (χ4n) is 10.6. The Labute approximate surface area is 381 Å². The Morgan fingerprint density at radius 2 is 0.985 bits per heavy atom. The molecule has 1 heterocycles. The monoisotopic (exact) mass is 834 g/mol. The third-order valence-electron chi connectivity index (χ3n) is 13.8. The van der Waals surface area contributed by atoms with Crippen molar-refractivity contribution in [3.8, 4) is 56.4 Å². The van der Waals surface area contributed by atoms with Gasteiger partial charge in [-0.1, -0.05) is 218 Å². The first-order valence-electron chi connectivity index (χ1n) is 22.8. The molecular formula is C63H46O2. The van der Waals surface area contributed by atoms with Crippen LogP contribution in [0.15, 0.2) is 237 Å². The summed E-state index contributed by atoms with van der Waals surface area (Å²) in [5.41, 5.74) is 15.6. The predicted octanol–water partition coefficient (Wildman–Crippen LogP) is 16.4. The highest BCUT2D eigenvalue weighted by molar-refractivity contribution is 5.96. The van der Waals surface area contributed by atoms with Crippen molar-refractivity contribution in [3.05, 3.63) is 276 Å². The van der Waals surface area contributed by atoms with Crippen LogP contribution in [0.25, 0.3) is 44.2 Å². The molecule has 0 N–H and O–H groups in total. The van der Waals surface area contributed by atoms with Crippen LogP contribution < -0.4 is 9.47 Å². The van der Waals surface area contributed by atoms with E-state index in [0.717, 1.165) is 47.8 Å². The SMILES string of the molecule is c1ccc(-c2ccc(C(CCc3ccc(-c4cccc5ccccc45)cc3)Cc3ccc(C4(c5ccccc5)c5ccccc5-c5c4ccc4c5Oc5ccccc5O4)cc3)cc2)cc1. The average Bonchev–Trinajstić information content (AvgIpc) is 3.69. The molecule has 65 heavy (non-hydrogen) atoms. The molecule has 0 fully saturated rings. The number of aryl methyl sites for hydroxylation is 1. The summed E-state index contributed by atoms with van der Waals surface area (Å²) in [5.74, 6) is 3.30. The molecule has 0 amide bonds. The maximum Gasteiger partial charge on any atom is 0.178 e. The van der Waals surface area contributed by atoms with Crippen molar-refractivity contribution in [2.24, 2.45) is 0 Å². The fraction of sp³-hybridized carbons (Fsp3) is 0.0794. The van der Waals surface area contributed by atoms with Gasteiger partial charge in [-0.05, 0) is 121 Å². The molecule has 12 rings (SSSR count). The van der Waals surface area contributed by atoms with Gasteiger partial charge in [-0.15, -0.1) is 0 Å². The van der Waals surface area contributed by atoms with Crippen LogP contribution in [0.5, 0.6) is 23.0 Å². The molecule has 10 aromatic rings. The topological polar surface area (TPSA) is 18.5 Å². The Morgan fingerprint density at radius 3 is 1.78 bits per heavy atom. The first-order chi connectivity index (χ1) is 32.2. The van der Waals surface area contributed by atoms with Crippen LogP contribution in [-0.2, 0) is 18.3 Å². The quantitative estimate of drug-likeness (QED) is 0.137. The summed E-state index contributed by atoms with van der Waals surface area (Å²) in [6, 6.07) is 86.1. The largest absolute Gasteiger partial charge is 0.449 e. The zero-order valence-electron chi connectivity index (χ0n) is 36.0. The fourth-order valence-corrected chi connectivity index (χ4v) is 10.6. The summed E-state index contributed by atoms with van der Waals surface area (Å²) < 4.78 is 13.2. The summed E-state index contributed by atoms with van der Waals surface area (Å²) >= 11 is 0. The summed E-state index contributed by atoms with van der Waals surface area (Å²) in [6.07, 6.45) is 2.96. The van der Waals surface area contributed by atoms with E-state index in [1.54, 1.807) is 0 Å². The number of fused-ring (bicyclic) bond motifs is 7. The van der Waals surface area contributed by atoms with E-state index in [-0.39, 0.29) is 0 Å². The van der Waals surface area contributed by atoms with Crippen LogP contribution in [0.2, 0.25) is 0 Å². The Kier molecular flexibility index (Phi) is 9.72. The van der Waals surface area contributed by atoms with Gasteiger partial charge in [0.1, 0.15) is 0 Å². The van der Waals surface area contributed by atoms with Crippen LogP contribution in [0.3, 0.4) is 0 Å². The summed E-state index contributed by atoms with van der Waals surface area (Å²) in [6.45, 7) is 0. The standard InChI is InChI=1S/C63H46O2/c1-3-14-45(15-4-1)46-34-36-47(37-35-46)50(33-28-43-26-31-49(32-27-43)54-22-13-17-48-16-7-8-20-53(48)54)42-44-29-38-52(39-30-44)63(51-18-5-2-6-19-51)56-23-10-9-21-55(56)61-57(63)40-41-60-62(61)65-59-25-12-11-24-58(59)64-60/h1-27,29-32,34-41,50H,28,33,42H2. The molecule has 0 saturated carbocycles. The Morgan fingerprint density at radius 1 is 0.385 bits per heavy atom. The maximum absolute atomic E-state index is 6.75. The van der Waals surface area contributed by atoms with Gasteiger partial charge in [0.15, 0.2) is 23.0 Å². The lowest BCUT2D eigenvalue weighted by Gasteiger charge is -2.34. The van der Waals surface area contributed by atoms with Gasteiger partial charge >= 0.3 is 0 Å². The first-order valence-corrected chi connectivity index (χ1v) is 22.8. The van der Waals surface area contributed by atoms with E-state index in [4.69, 9.17) is 9.47 Å². The van der Waals surface area contributed by atoms with Crippen LogP contribution in [0.1, 0.15) is 51.3 Å². The van der Waals surface area contributed by atoms with Crippen molar-refractivity contribution in [1.82, 2.24) is 0 Å². The van der Waals surface area contributed by atoms with Crippen molar-refractivity contribution in [2.45, 2.75) is 30.6 Å². The number of para-hydroxylation sites is 2. The minimum absolute atomic E-state index is 0.325. The molecule has 0 spiro atoms. The summed E-state index contributed by atoms with van der Waals surface area (Å²) in [5, 5.41) is 2.56. The second-order valence-electron chi connectivity index (χ2n) is 17.5. The van der Waals surface area contributed by atoms with Gasteiger partial charge in [-0.25, -0.2) is 0 Å². The second kappa shape index (κ2) is 16.3. The van der Waals surface area contributed by atoms with Crippen molar-refractivity contribution < 1.29 is 9.47 Å². The summed E-state index contributed by atoms with van der Waals surface area (Å²) in [4.78, 5) is 0.